The van der Waals surface area contributed by atoms with Crippen molar-refractivity contribution in [1.29, 1.82) is 0 Å². The van der Waals surface area contributed by atoms with E-state index >= 15 is 0 Å². The fourth-order valence-corrected chi connectivity index (χ4v) is 1.86. The monoisotopic (exact) mass is 276 g/mol. The van der Waals surface area contributed by atoms with Crippen molar-refractivity contribution in [2.45, 2.75) is 12.8 Å². The SMILES string of the molecule is O=[N+]([O-])c1ccc(-n2ccnc2)cc1NCCCCO. The second-order valence-corrected chi connectivity index (χ2v) is 4.29. The van der Waals surface area contributed by atoms with Crippen LogP contribution in [-0.4, -0.2) is 32.7 Å². The van der Waals surface area contributed by atoms with Gasteiger partial charge in [-0.15, -0.1) is 0 Å². The number of nitrogens with zero attached hydrogens (tertiary/aromatic N) is 3. The normalized spacial score (nSPS) is 10.4. The Morgan fingerprint density at radius 2 is 2.25 bits per heavy atom. The molecule has 0 aliphatic rings. The van der Waals surface area contributed by atoms with Gasteiger partial charge in [-0.05, 0) is 25.0 Å². The van der Waals surface area contributed by atoms with Crippen molar-refractivity contribution in [2.75, 3.05) is 18.5 Å². The Labute approximate surface area is 116 Å². The standard InChI is InChI=1S/C13H16N4O3/c18-8-2-1-5-15-12-9-11(16-7-6-14-10-16)3-4-13(12)17(19)20/h3-4,6-7,9-10,15,18H,1-2,5,8H2. The maximum atomic E-state index is 11.0. The summed E-state index contributed by atoms with van der Waals surface area (Å²) in [6.07, 6.45) is 6.48. The molecule has 2 N–H and O–H groups in total. The van der Waals surface area contributed by atoms with Gasteiger partial charge in [0.1, 0.15) is 5.69 Å². The first-order valence-corrected chi connectivity index (χ1v) is 6.34. The predicted octanol–water partition coefficient (Wildman–Crippen LogP) is 1.96. The zero-order valence-electron chi connectivity index (χ0n) is 10.9. The van der Waals surface area contributed by atoms with E-state index in [-0.39, 0.29) is 12.3 Å². The third-order valence-corrected chi connectivity index (χ3v) is 2.88. The van der Waals surface area contributed by atoms with E-state index in [0.717, 1.165) is 12.1 Å². The molecule has 0 saturated heterocycles. The number of benzene rings is 1. The van der Waals surface area contributed by atoms with Crippen LogP contribution in [0.2, 0.25) is 0 Å². The quantitative estimate of drug-likeness (QED) is 0.458. The van der Waals surface area contributed by atoms with Crippen LogP contribution in [0.3, 0.4) is 0 Å². The van der Waals surface area contributed by atoms with Crippen LogP contribution >= 0.6 is 0 Å². The van der Waals surface area contributed by atoms with Gasteiger partial charge in [-0.2, -0.15) is 0 Å². The number of unbranched alkanes of at least 4 members (excludes halogenated alkanes) is 1. The van der Waals surface area contributed by atoms with Crippen LogP contribution < -0.4 is 5.32 Å². The maximum Gasteiger partial charge on any atom is 0.292 e. The van der Waals surface area contributed by atoms with Crippen molar-refractivity contribution in [3.8, 4) is 5.69 Å². The van der Waals surface area contributed by atoms with Gasteiger partial charge in [-0.1, -0.05) is 0 Å². The second-order valence-electron chi connectivity index (χ2n) is 4.29. The van der Waals surface area contributed by atoms with Gasteiger partial charge in [0.25, 0.3) is 5.69 Å². The lowest BCUT2D eigenvalue weighted by molar-refractivity contribution is -0.384. The highest BCUT2D eigenvalue weighted by Gasteiger charge is 2.14. The van der Waals surface area contributed by atoms with Gasteiger partial charge >= 0.3 is 0 Å². The first-order valence-electron chi connectivity index (χ1n) is 6.34. The van der Waals surface area contributed by atoms with E-state index in [4.69, 9.17) is 5.11 Å². The lowest BCUT2D eigenvalue weighted by Crippen LogP contribution is -2.06. The molecule has 0 bridgehead atoms. The van der Waals surface area contributed by atoms with E-state index in [1.165, 1.54) is 6.07 Å². The molecule has 0 amide bonds. The number of nitrogens with one attached hydrogen (secondary N) is 1. The number of hydrogen-bond donors (Lipinski definition) is 2. The summed E-state index contributed by atoms with van der Waals surface area (Å²) in [5, 5.41) is 22.8. The summed E-state index contributed by atoms with van der Waals surface area (Å²) in [4.78, 5) is 14.6. The lowest BCUT2D eigenvalue weighted by atomic mass is 10.2. The fourth-order valence-electron chi connectivity index (χ4n) is 1.86. The summed E-state index contributed by atoms with van der Waals surface area (Å²) in [6.45, 7) is 0.702. The molecule has 7 heteroatoms. The van der Waals surface area contributed by atoms with Gasteiger partial charge in [0.2, 0.25) is 0 Å². The first kappa shape index (κ1) is 14.0. The van der Waals surface area contributed by atoms with Crippen molar-refractivity contribution < 1.29 is 10.0 Å². The average molecular weight is 276 g/mol. The molecule has 0 aliphatic carbocycles. The summed E-state index contributed by atoms with van der Waals surface area (Å²) < 4.78 is 1.78. The Hall–Kier alpha value is -2.41. The molecule has 0 aliphatic heterocycles. The van der Waals surface area contributed by atoms with Crippen LogP contribution in [0, 0.1) is 10.1 Å². The number of imidazole rings is 1. The Morgan fingerprint density at radius 3 is 2.90 bits per heavy atom. The number of rotatable bonds is 7. The second kappa shape index (κ2) is 6.67. The van der Waals surface area contributed by atoms with Gasteiger partial charge < -0.3 is 15.0 Å². The van der Waals surface area contributed by atoms with Crippen molar-refractivity contribution in [1.82, 2.24) is 9.55 Å². The number of hydrogen-bond acceptors (Lipinski definition) is 5. The molecule has 0 atom stereocenters. The molecule has 2 aromatic rings. The molecule has 1 aromatic heterocycles. The molecule has 1 heterocycles. The lowest BCUT2D eigenvalue weighted by Gasteiger charge is -2.09. The van der Waals surface area contributed by atoms with E-state index < -0.39 is 4.92 Å². The van der Waals surface area contributed by atoms with Crippen LogP contribution in [0.5, 0.6) is 0 Å². The van der Waals surface area contributed by atoms with Crippen molar-refractivity contribution in [3.05, 3.63) is 47.0 Å². The average Bonchev–Trinajstić information content (AvgIpc) is 2.97. The number of aliphatic hydroxyl groups excluding tert-OH is 1. The largest absolute Gasteiger partial charge is 0.396 e. The first-order chi connectivity index (χ1) is 9.72. The minimum absolute atomic E-state index is 0.0397. The summed E-state index contributed by atoms with van der Waals surface area (Å²) in [7, 11) is 0. The zero-order valence-corrected chi connectivity index (χ0v) is 10.9. The molecule has 1 aromatic carbocycles. The highest BCUT2D eigenvalue weighted by atomic mass is 16.6. The third-order valence-electron chi connectivity index (χ3n) is 2.88. The van der Waals surface area contributed by atoms with E-state index in [1.54, 1.807) is 35.4 Å². The highest BCUT2D eigenvalue weighted by Crippen LogP contribution is 2.27. The summed E-state index contributed by atoms with van der Waals surface area (Å²) in [5.41, 5.74) is 1.31. The summed E-state index contributed by atoms with van der Waals surface area (Å²) >= 11 is 0. The van der Waals surface area contributed by atoms with Crippen molar-refractivity contribution in [3.63, 3.8) is 0 Å². The van der Waals surface area contributed by atoms with Crippen LogP contribution in [0.15, 0.2) is 36.9 Å². The van der Waals surface area contributed by atoms with Crippen LogP contribution in [-0.2, 0) is 0 Å². The third kappa shape index (κ3) is 3.33. The molecule has 20 heavy (non-hydrogen) atoms. The van der Waals surface area contributed by atoms with Crippen LogP contribution in [0.1, 0.15) is 12.8 Å². The van der Waals surface area contributed by atoms with Crippen molar-refractivity contribution >= 4 is 11.4 Å². The number of aliphatic hydroxyl groups is 1. The van der Waals surface area contributed by atoms with Gasteiger partial charge in [0.15, 0.2) is 0 Å². The Balaban J connectivity index is 2.21. The summed E-state index contributed by atoms with van der Waals surface area (Å²) in [6, 6.07) is 4.88. The van der Waals surface area contributed by atoms with Gasteiger partial charge in [-0.3, -0.25) is 10.1 Å². The van der Waals surface area contributed by atoms with E-state index in [0.29, 0.717) is 18.7 Å². The Morgan fingerprint density at radius 1 is 1.40 bits per heavy atom. The molecule has 0 unspecified atom stereocenters. The smallest absolute Gasteiger partial charge is 0.292 e. The summed E-state index contributed by atoms with van der Waals surface area (Å²) in [5.74, 6) is 0. The number of anilines is 1. The molecule has 0 radical (unpaired) electrons. The number of nitro benzene ring substituents is 1. The zero-order chi connectivity index (χ0) is 14.4. The van der Waals surface area contributed by atoms with Crippen LogP contribution in [0.4, 0.5) is 11.4 Å². The minimum atomic E-state index is -0.411. The van der Waals surface area contributed by atoms with Gasteiger partial charge in [0.05, 0.1) is 11.3 Å². The number of nitro groups is 1. The molecule has 7 nitrogen and oxygen atoms in total. The predicted molar refractivity (Wildman–Crippen MR) is 75.0 cm³/mol. The van der Waals surface area contributed by atoms with Crippen LogP contribution in [0.25, 0.3) is 5.69 Å². The van der Waals surface area contributed by atoms with Gasteiger partial charge in [-0.25, -0.2) is 4.98 Å². The fraction of sp³-hybridized carbons (Fsp3) is 0.308. The molecule has 2 rings (SSSR count). The molecule has 106 valence electrons. The molecule has 0 spiro atoms. The number of aromatic nitrogens is 2. The molecule has 0 fully saturated rings. The van der Waals surface area contributed by atoms with Gasteiger partial charge in [0, 0.05) is 37.3 Å². The van der Waals surface area contributed by atoms with Crippen molar-refractivity contribution in [2.24, 2.45) is 0 Å². The maximum absolute atomic E-state index is 11.0. The Kier molecular flexibility index (Phi) is 4.67. The molecular formula is C13H16N4O3. The minimum Gasteiger partial charge on any atom is -0.396 e. The van der Waals surface area contributed by atoms with E-state index in [9.17, 15) is 10.1 Å². The van der Waals surface area contributed by atoms with E-state index in [2.05, 4.69) is 10.3 Å². The topological polar surface area (TPSA) is 93.2 Å². The highest BCUT2D eigenvalue weighted by molar-refractivity contribution is 5.65. The van der Waals surface area contributed by atoms with E-state index in [1.807, 2.05) is 0 Å². The Bertz CT molecular complexity index is 569. The molecular weight excluding hydrogens is 260 g/mol. The molecule has 0 saturated carbocycles.